The van der Waals surface area contributed by atoms with Crippen molar-refractivity contribution < 1.29 is 17.9 Å². The van der Waals surface area contributed by atoms with Crippen LogP contribution in [-0.2, 0) is 14.8 Å². The van der Waals surface area contributed by atoms with E-state index in [1.54, 1.807) is 36.4 Å². The number of anilines is 1. The molecule has 1 N–H and O–H groups in total. The molecule has 0 aliphatic rings. The van der Waals surface area contributed by atoms with E-state index in [0.717, 1.165) is 6.42 Å². The molecular weight excluding hydrogens is 388 g/mol. The summed E-state index contributed by atoms with van der Waals surface area (Å²) in [7, 11) is -2.35. The summed E-state index contributed by atoms with van der Waals surface area (Å²) < 4.78 is 32.7. The van der Waals surface area contributed by atoms with Gasteiger partial charge in [-0.25, -0.2) is 8.42 Å². The number of hydrogen-bond acceptors (Lipinski definition) is 4. The number of nitrogens with zero attached hydrogens (tertiary/aromatic N) is 1. The Kier molecular flexibility index (Phi) is 7.50. The molecule has 0 radical (unpaired) electrons. The Morgan fingerprint density at radius 2 is 1.89 bits per heavy atom. The van der Waals surface area contributed by atoms with Gasteiger partial charge in [0.25, 0.3) is 10.0 Å². The smallest absolute Gasteiger partial charge is 0.264 e. The highest BCUT2D eigenvalue weighted by atomic mass is 35.5. The number of ether oxygens (including phenoxy) is 1. The average molecular weight is 411 g/mol. The number of sulfonamides is 1. The van der Waals surface area contributed by atoms with Crippen LogP contribution in [0.1, 0.15) is 19.8 Å². The van der Waals surface area contributed by atoms with E-state index in [-0.39, 0.29) is 23.8 Å². The van der Waals surface area contributed by atoms with E-state index in [1.165, 1.54) is 23.5 Å². The number of halogens is 1. The molecule has 0 heterocycles. The van der Waals surface area contributed by atoms with E-state index in [0.29, 0.717) is 23.0 Å². The van der Waals surface area contributed by atoms with E-state index < -0.39 is 10.0 Å². The van der Waals surface area contributed by atoms with E-state index in [1.807, 2.05) is 6.92 Å². The highest BCUT2D eigenvalue weighted by molar-refractivity contribution is 7.92. The second kappa shape index (κ2) is 9.62. The standard InChI is InChI=1S/C19H23ClN2O4S/c1-3-12-21-19(23)11-13-22(16-7-9-17(26-2)10-8-16)27(24,25)18-6-4-5-15(20)14-18/h4-10,14H,3,11-13H2,1-2H3,(H,21,23). The van der Waals surface area contributed by atoms with Crippen molar-refractivity contribution in [3.63, 3.8) is 0 Å². The van der Waals surface area contributed by atoms with Gasteiger partial charge in [-0.3, -0.25) is 9.10 Å². The summed E-state index contributed by atoms with van der Waals surface area (Å²) in [6.45, 7) is 2.52. The van der Waals surface area contributed by atoms with Crippen LogP contribution < -0.4 is 14.4 Å². The van der Waals surface area contributed by atoms with Gasteiger partial charge in [0, 0.05) is 24.5 Å². The Hall–Kier alpha value is -2.25. The first-order valence-electron chi connectivity index (χ1n) is 8.57. The first-order chi connectivity index (χ1) is 12.9. The minimum Gasteiger partial charge on any atom is -0.497 e. The number of carbonyl (C=O) groups excluding carboxylic acids is 1. The maximum absolute atomic E-state index is 13.2. The lowest BCUT2D eigenvalue weighted by atomic mass is 10.3. The van der Waals surface area contributed by atoms with Crippen LogP contribution in [0.5, 0.6) is 5.75 Å². The number of rotatable bonds is 9. The van der Waals surface area contributed by atoms with E-state index in [4.69, 9.17) is 16.3 Å². The van der Waals surface area contributed by atoms with Gasteiger partial charge in [0.1, 0.15) is 5.75 Å². The van der Waals surface area contributed by atoms with Crippen molar-refractivity contribution >= 4 is 33.2 Å². The molecule has 0 saturated heterocycles. The SMILES string of the molecule is CCCNC(=O)CCN(c1ccc(OC)cc1)S(=O)(=O)c1cccc(Cl)c1. The van der Waals surface area contributed by atoms with Crippen molar-refractivity contribution in [2.45, 2.75) is 24.7 Å². The first kappa shape index (κ1) is 21.1. The highest BCUT2D eigenvalue weighted by Crippen LogP contribution is 2.27. The Labute approximate surface area is 165 Å². The molecule has 0 spiro atoms. The molecule has 2 aromatic carbocycles. The third kappa shape index (κ3) is 5.61. The van der Waals surface area contributed by atoms with Crippen LogP contribution in [0.4, 0.5) is 5.69 Å². The number of amides is 1. The molecule has 0 aromatic heterocycles. The van der Waals surface area contributed by atoms with Crippen LogP contribution in [0.15, 0.2) is 53.4 Å². The average Bonchev–Trinajstić information content (AvgIpc) is 2.66. The van der Waals surface area contributed by atoms with Gasteiger partial charge in [-0.15, -0.1) is 0 Å². The quantitative estimate of drug-likeness (QED) is 0.686. The minimum absolute atomic E-state index is 0.0106. The molecule has 8 heteroatoms. The van der Waals surface area contributed by atoms with Crippen LogP contribution in [0.3, 0.4) is 0 Å². The Morgan fingerprint density at radius 1 is 1.19 bits per heavy atom. The molecule has 146 valence electrons. The van der Waals surface area contributed by atoms with Gasteiger partial charge >= 0.3 is 0 Å². The van der Waals surface area contributed by atoms with Gasteiger partial charge in [-0.2, -0.15) is 0 Å². The largest absolute Gasteiger partial charge is 0.497 e. The van der Waals surface area contributed by atoms with Gasteiger partial charge in [-0.05, 0) is 48.9 Å². The molecule has 0 bridgehead atoms. The third-order valence-electron chi connectivity index (χ3n) is 3.86. The van der Waals surface area contributed by atoms with Crippen molar-refractivity contribution in [1.82, 2.24) is 5.32 Å². The summed E-state index contributed by atoms with van der Waals surface area (Å²) >= 11 is 5.96. The zero-order valence-corrected chi connectivity index (χ0v) is 16.9. The third-order valence-corrected chi connectivity index (χ3v) is 5.92. The van der Waals surface area contributed by atoms with Crippen molar-refractivity contribution in [1.29, 1.82) is 0 Å². The van der Waals surface area contributed by atoms with Gasteiger partial charge in [0.15, 0.2) is 0 Å². The zero-order valence-electron chi connectivity index (χ0n) is 15.3. The molecule has 0 aliphatic heterocycles. The topological polar surface area (TPSA) is 75.7 Å². The molecule has 2 aromatic rings. The maximum Gasteiger partial charge on any atom is 0.264 e. The molecule has 27 heavy (non-hydrogen) atoms. The lowest BCUT2D eigenvalue weighted by Gasteiger charge is -2.24. The van der Waals surface area contributed by atoms with E-state index >= 15 is 0 Å². The van der Waals surface area contributed by atoms with Crippen LogP contribution in [0.25, 0.3) is 0 Å². The molecule has 0 fully saturated rings. The Morgan fingerprint density at radius 3 is 2.48 bits per heavy atom. The fraction of sp³-hybridized carbons (Fsp3) is 0.316. The van der Waals surface area contributed by atoms with E-state index in [2.05, 4.69) is 5.32 Å². The van der Waals surface area contributed by atoms with Gasteiger partial charge < -0.3 is 10.1 Å². The summed E-state index contributed by atoms with van der Waals surface area (Å²) in [5, 5.41) is 3.08. The molecule has 0 aliphatic carbocycles. The number of benzene rings is 2. The number of carbonyl (C=O) groups is 1. The summed E-state index contributed by atoms with van der Waals surface area (Å²) in [5.74, 6) is 0.413. The van der Waals surface area contributed by atoms with Crippen LogP contribution >= 0.6 is 11.6 Å². The number of methoxy groups -OCH3 is 1. The fourth-order valence-corrected chi connectivity index (χ4v) is 4.21. The molecule has 0 unspecified atom stereocenters. The zero-order chi connectivity index (χ0) is 19.9. The Balaban J connectivity index is 2.34. The number of nitrogens with one attached hydrogen (secondary N) is 1. The summed E-state index contributed by atoms with van der Waals surface area (Å²) in [5.41, 5.74) is 0.444. The van der Waals surface area contributed by atoms with Gasteiger partial charge in [0.2, 0.25) is 5.91 Å². The summed E-state index contributed by atoms with van der Waals surface area (Å²) in [6, 6.07) is 12.7. The fourth-order valence-electron chi connectivity index (χ4n) is 2.45. The summed E-state index contributed by atoms with van der Waals surface area (Å²) in [4.78, 5) is 12.1. The second-order valence-corrected chi connectivity index (χ2v) is 8.13. The number of hydrogen-bond donors (Lipinski definition) is 1. The van der Waals surface area contributed by atoms with Gasteiger partial charge in [-0.1, -0.05) is 24.6 Å². The Bertz CT molecular complexity index is 870. The van der Waals surface area contributed by atoms with E-state index in [9.17, 15) is 13.2 Å². The lowest BCUT2D eigenvalue weighted by Crippen LogP contribution is -2.35. The van der Waals surface area contributed by atoms with Crippen LogP contribution in [0, 0.1) is 0 Å². The predicted octanol–water partition coefficient (Wildman–Crippen LogP) is 3.46. The van der Waals surface area contributed by atoms with Crippen LogP contribution in [-0.4, -0.2) is 34.5 Å². The molecule has 2 rings (SSSR count). The predicted molar refractivity (Wildman–Crippen MR) is 107 cm³/mol. The summed E-state index contributed by atoms with van der Waals surface area (Å²) in [6.07, 6.45) is 0.862. The van der Waals surface area contributed by atoms with Crippen molar-refractivity contribution in [3.8, 4) is 5.75 Å². The highest BCUT2D eigenvalue weighted by Gasteiger charge is 2.25. The van der Waals surface area contributed by atoms with Crippen molar-refractivity contribution in [2.24, 2.45) is 0 Å². The second-order valence-electron chi connectivity index (χ2n) is 5.83. The first-order valence-corrected chi connectivity index (χ1v) is 10.4. The molecule has 6 nitrogen and oxygen atoms in total. The van der Waals surface area contributed by atoms with Crippen LogP contribution in [0.2, 0.25) is 5.02 Å². The van der Waals surface area contributed by atoms with Crippen molar-refractivity contribution in [2.75, 3.05) is 24.5 Å². The van der Waals surface area contributed by atoms with Gasteiger partial charge in [0.05, 0.1) is 17.7 Å². The molecule has 0 saturated carbocycles. The normalized spacial score (nSPS) is 11.1. The van der Waals surface area contributed by atoms with Crippen molar-refractivity contribution in [3.05, 3.63) is 53.6 Å². The minimum atomic E-state index is -3.88. The molecule has 0 atom stereocenters. The monoisotopic (exact) mass is 410 g/mol. The maximum atomic E-state index is 13.2. The molecular formula is C19H23ClN2O4S. The molecule has 1 amide bonds. The lowest BCUT2D eigenvalue weighted by molar-refractivity contribution is -0.120.